The average molecular weight is 353 g/mol. The van der Waals surface area contributed by atoms with Crippen LogP contribution in [0.2, 0.25) is 0 Å². The topological polar surface area (TPSA) is 40.6 Å². The van der Waals surface area contributed by atoms with Gasteiger partial charge in [-0.15, -0.1) is 11.3 Å². The van der Waals surface area contributed by atoms with Gasteiger partial charge in [-0.1, -0.05) is 0 Å². The maximum Gasteiger partial charge on any atom is 0.244 e. The second-order valence-corrected chi connectivity index (χ2v) is 9.21. The summed E-state index contributed by atoms with van der Waals surface area (Å²) in [5.41, 5.74) is 0. The fraction of sp³-hybridized carbons (Fsp3) is 0.636. The third kappa shape index (κ3) is 2.65. The van der Waals surface area contributed by atoms with Crippen molar-refractivity contribution in [3.8, 4) is 0 Å². The van der Waals surface area contributed by atoms with Gasteiger partial charge in [0.25, 0.3) is 0 Å². The van der Waals surface area contributed by atoms with Crippen LogP contribution < -0.4 is 0 Å². The second kappa shape index (κ2) is 5.20. The summed E-state index contributed by atoms with van der Waals surface area (Å²) >= 11 is 4.81. The highest BCUT2D eigenvalue weighted by atomic mass is 79.9. The van der Waals surface area contributed by atoms with Gasteiger partial charge in [-0.05, 0) is 42.9 Å². The fourth-order valence-corrected chi connectivity index (χ4v) is 5.95. The molecule has 1 aliphatic rings. The van der Waals surface area contributed by atoms with Gasteiger partial charge >= 0.3 is 0 Å². The molecule has 0 spiro atoms. The minimum absolute atomic E-state index is 0.260. The third-order valence-corrected chi connectivity index (χ3v) is 7.06. The highest BCUT2D eigenvalue weighted by Crippen LogP contribution is 2.32. The fourth-order valence-electron chi connectivity index (χ4n) is 2.06. The van der Waals surface area contributed by atoms with Crippen molar-refractivity contribution in [3.05, 3.63) is 14.7 Å². The molecule has 2 rings (SSSR count). The van der Waals surface area contributed by atoms with Gasteiger partial charge in [0, 0.05) is 30.6 Å². The molecule has 0 aromatic carbocycles. The van der Waals surface area contributed by atoms with Crippen molar-refractivity contribution in [1.29, 1.82) is 0 Å². The molecule has 0 aliphatic carbocycles. The predicted octanol–water partition coefficient (Wildman–Crippen LogP) is 2.14. The number of aryl methyl sites for hydroxylation is 1. The Labute approximate surface area is 121 Å². The molecule has 0 amide bonds. The standard InChI is InChI=1S/C11H17BrN2O2S2/c1-8-7-14(5-4-13(8)3)18(15,16)10-6-11(12)17-9(10)2/h6,8H,4-5,7H2,1-3H3. The molecule has 0 saturated carbocycles. The lowest BCUT2D eigenvalue weighted by molar-refractivity contribution is 0.159. The van der Waals surface area contributed by atoms with E-state index in [1.54, 1.807) is 10.4 Å². The van der Waals surface area contributed by atoms with Crippen LogP contribution in [0.15, 0.2) is 14.7 Å². The van der Waals surface area contributed by atoms with Crippen molar-refractivity contribution in [2.45, 2.75) is 24.8 Å². The Morgan fingerprint density at radius 2 is 2.11 bits per heavy atom. The molecule has 102 valence electrons. The van der Waals surface area contributed by atoms with E-state index in [4.69, 9.17) is 0 Å². The van der Waals surface area contributed by atoms with Crippen molar-refractivity contribution in [3.63, 3.8) is 0 Å². The number of likely N-dealkylation sites (N-methyl/N-ethyl adjacent to an activating group) is 1. The van der Waals surface area contributed by atoms with Gasteiger partial charge in [0.05, 0.1) is 8.68 Å². The molecule has 1 aromatic heterocycles. The number of thiophene rings is 1. The molecule has 0 radical (unpaired) electrons. The van der Waals surface area contributed by atoms with E-state index < -0.39 is 10.0 Å². The summed E-state index contributed by atoms with van der Waals surface area (Å²) in [4.78, 5) is 3.46. The largest absolute Gasteiger partial charge is 0.301 e. The van der Waals surface area contributed by atoms with E-state index in [1.165, 1.54) is 11.3 Å². The highest BCUT2D eigenvalue weighted by molar-refractivity contribution is 9.11. The molecule has 18 heavy (non-hydrogen) atoms. The Balaban J connectivity index is 2.29. The zero-order valence-electron chi connectivity index (χ0n) is 10.7. The minimum Gasteiger partial charge on any atom is -0.301 e. The molecular formula is C11H17BrN2O2S2. The summed E-state index contributed by atoms with van der Waals surface area (Å²) in [5.74, 6) is 0. The van der Waals surface area contributed by atoms with Crippen molar-refractivity contribution < 1.29 is 8.42 Å². The summed E-state index contributed by atoms with van der Waals surface area (Å²) in [6.45, 7) is 5.81. The van der Waals surface area contributed by atoms with E-state index in [-0.39, 0.29) is 6.04 Å². The predicted molar refractivity (Wildman–Crippen MR) is 77.6 cm³/mol. The molecule has 4 nitrogen and oxygen atoms in total. The number of hydrogen-bond acceptors (Lipinski definition) is 4. The zero-order chi connectivity index (χ0) is 13.5. The number of rotatable bonds is 2. The summed E-state index contributed by atoms with van der Waals surface area (Å²) in [6.07, 6.45) is 0. The first-order valence-electron chi connectivity index (χ1n) is 5.78. The number of hydrogen-bond donors (Lipinski definition) is 0. The Morgan fingerprint density at radius 3 is 2.61 bits per heavy atom. The first kappa shape index (κ1) is 14.5. The van der Waals surface area contributed by atoms with E-state index in [0.29, 0.717) is 18.0 Å². The normalized spacial score (nSPS) is 23.4. The van der Waals surface area contributed by atoms with Crippen LogP contribution >= 0.6 is 27.3 Å². The van der Waals surface area contributed by atoms with Gasteiger partial charge in [0.2, 0.25) is 10.0 Å². The van der Waals surface area contributed by atoms with Crippen molar-refractivity contribution in [1.82, 2.24) is 9.21 Å². The van der Waals surface area contributed by atoms with Crippen LogP contribution in [0.1, 0.15) is 11.8 Å². The zero-order valence-corrected chi connectivity index (χ0v) is 13.9. The van der Waals surface area contributed by atoms with Crippen molar-refractivity contribution in [2.75, 3.05) is 26.7 Å². The monoisotopic (exact) mass is 352 g/mol. The van der Waals surface area contributed by atoms with E-state index >= 15 is 0 Å². The van der Waals surface area contributed by atoms with Gasteiger partial charge < -0.3 is 4.90 Å². The average Bonchev–Trinajstić information content (AvgIpc) is 2.62. The Kier molecular flexibility index (Phi) is 4.18. The van der Waals surface area contributed by atoms with Crippen LogP contribution in [-0.4, -0.2) is 50.3 Å². The van der Waals surface area contributed by atoms with Crippen LogP contribution in [0.4, 0.5) is 0 Å². The first-order valence-corrected chi connectivity index (χ1v) is 8.83. The van der Waals surface area contributed by atoms with Crippen molar-refractivity contribution in [2.24, 2.45) is 0 Å². The van der Waals surface area contributed by atoms with E-state index in [1.807, 2.05) is 14.0 Å². The number of halogens is 1. The van der Waals surface area contributed by atoms with Crippen molar-refractivity contribution >= 4 is 37.3 Å². The summed E-state index contributed by atoms with van der Waals surface area (Å²) in [6, 6.07) is 1.97. The molecule has 1 fully saturated rings. The molecule has 1 saturated heterocycles. The number of piperazine rings is 1. The lowest BCUT2D eigenvalue weighted by Gasteiger charge is -2.36. The van der Waals surface area contributed by atoms with Gasteiger partial charge in [-0.25, -0.2) is 8.42 Å². The van der Waals surface area contributed by atoms with Gasteiger partial charge in [-0.2, -0.15) is 4.31 Å². The Hall–Kier alpha value is 0.0500. The lowest BCUT2D eigenvalue weighted by Crippen LogP contribution is -2.51. The third-order valence-electron chi connectivity index (χ3n) is 3.38. The second-order valence-electron chi connectivity index (χ2n) is 4.66. The highest BCUT2D eigenvalue weighted by Gasteiger charge is 2.32. The van der Waals surface area contributed by atoms with E-state index in [0.717, 1.165) is 15.2 Å². The smallest absolute Gasteiger partial charge is 0.244 e. The van der Waals surface area contributed by atoms with Crippen LogP contribution in [-0.2, 0) is 10.0 Å². The molecule has 1 unspecified atom stereocenters. The number of sulfonamides is 1. The lowest BCUT2D eigenvalue weighted by atomic mass is 10.2. The molecule has 1 atom stereocenters. The van der Waals surface area contributed by atoms with Gasteiger partial charge in [-0.3, -0.25) is 0 Å². The molecule has 1 aromatic rings. The maximum absolute atomic E-state index is 12.6. The summed E-state index contributed by atoms with van der Waals surface area (Å²) < 4.78 is 27.6. The maximum atomic E-state index is 12.6. The summed E-state index contributed by atoms with van der Waals surface area (Å²) in [7, 11) is -1.31. The SMILES string of the molecule is Cc1sc(Br)cc1S(=O)(=O)N1CCN(C)C(C)C1. The molecule has 2 heterocycles. The molecule has 1 aliphatic heterocycles. The first-order chi connectivity index (χ1) is 8.32. The van der Waals surface area contributed by atoms with Crippen LogP contribution in [0.25, 0.3) is 0 Å². The minimum atomic E-state index is -3.34. The molecule has 7 heteroatoms. The molecule has 0 N–H and O–H groups in total. The Bertz CT molecular complexity index is 541. The van der Waals surface area contributed by atoms with Crippen LogP contribution in [0.5, 0.6) is 0 Å². The van der Waals surface area contributed by atoms with Crippen LogP contribution in [0.3, 0.4) is 0 Å². The van der Waals surface area contributed by atoms with E-state index in [2.05, 4.69) is 27.8 Å². The van der Waals surface area contributed by atoms with Crippen LogP contribution in [0, 0.1) is 6.92 Å². The summed E-state index contributed by atoms with van der Waals surface area (Å²) in [5, 5.41) is 0. The number of nitrogens with zero attached hydrogens (tertiary/aromatic N) is 2. The van der Waals surface area contributed by atoms with E-state index in [9.17, 15) is 8.42 Å². The quantitative estimate of drug-likeness (QED) is 0.818. The van der Waals surface area contributed by atoms with Gasteiger partial charge in [0.15, 0.2) is 0 Å². The molecular weight excluding hydrogens is 336 g/mol. The van der Waals surface area contributed by atoms with Gasteiger partial charge in [0.1, 0.15) is 0 Å². The molecule has 0 bridgehead atoms. The Morgan fingerprint density at radius 1 is 1.44 bits per heavy atom.